The highest BCUT2D eigenvalue weighted by molar-refractivity contribution is 7.43. The van der Waals surface area contributed by atoms with Crippen LogP contribution in [0.4, 0.5) is 0 Å². The fourth-order valence-electron chi connectivity index (χ4n) is 0.867. The monoisotopic (exact) mass is 235 g/mol. The third-order valence-corrected chi connectivity index (χ3v) is 1.40. The maximum atomic E-state index is 8.91. The lowest BCUT2D eigenvalue weighted by molar-refractivity contribution is -0.366. The summed E-state index contributed by atoms with van der Waals surface area (Å²) in [5, 5.41) is 8.91. The molecule has 86 valence electrons. The van der Waals surface area contributed by atoms with Crippen LogP contribution in [-0.4, -0.2) is 21.4 Å². The SMILES string of the molecule is O=P([O-])(O)O.[NH3+]CCc1ccc(O)cc1. The van der Waals surface area contributed by atoms with Crippen molar-refractivity contribution in [1.82, 2.24) is 0 Å². The Kier molecular flexibility index (Phi) is 6.15. The second kappa shape index (κ2) is 6.55. The maximum Gasteiger partial charge on any atom is 0.262 e. The molecule has 6 nitrogen and oxygen atoms in total. The number of rotatable bonds is 2. The molecule has 0 aliphatic carbocycles. The van der Waals surface area contributed by atoms with E-state index in [4.69, 9.17) is 24.4 Å². The van der Waals surface area contributed by atoms with Gasteiger partial charge in [0.25, 0.3) is 7.82 Å². The summed E-state index contributed by atoms with van der Waals surface area (Å²) in [6.45, 7) is 0.908. The molecule has 1 aromatic carbocycles. The van der Waals surface area contributed by atoms with Gasteiger partial charge in [0.05, 0.1) is 6.54 Å². The summed E-state index contributed by atoms with van der Waals surface area (Å²) in [7, 11) is -4.89. The van der Waals surface area contributed by atoms with Gasteiger partial charge in [-0.3, -0.25) is 4.57 Å². The lowest BCUT2D eigenvalue weighted by atomic mass is 10.1. The minimum Gasteiger partial charge on any atom is -0.756 e. The number of aromatic hydroxyl groups is 1. The number of phenols is 1. The topological polar surface area (TPSA) is 128 Å². The predicted octanol–water partition coefficient (Wildman–Crippen LogP) is -1.38. The third-order valence-electron chi connectivity index (χ3n) is 1.40. The van der Waals surface area contributed by atoms with Gasteiger partial charge in [-0.2, -0.15) is 0 Å². The van der Waals surface area contributed by atoms with E-state index in [-0.39, 0.29) is 0 Å². The van der Waals surface area contributed by atoms with Gasteiger partial charge in [0, 0.05) is 6.42 Å². The molecule has 6 N–H and O–H groups in total. The van der Waals surface area contributed by atoms with Crippen molar-refractivity contribution in [2.24, 2.45) is 0 Å². The van der Waals surface area contributed by atoms with Crippen molar-refractivity contribution in [3.05, 3.63) is 29.8 Å². The van der Waals surface area contributed by atoms with E-state index >= 15 is 0 Å². The summed E-state index contributed by atoms with van der Waals surface area (Å²) in [5.74, 6) is 0.327. The summed E-state index contributed by atoms with van der Waals surface area (Å²) in [6.07, 6.45) is 0.986. The van der Waals surface area contributed by atoms with Crippen LogP contribution >= 0.6 is 7.82 Å². The molecule has 1 aromatic rings. The zero-order valence-electron chi connectivity index (χ0n) is 8.04. The first kappa shape index (κ1) is 14.1. The molecule has 0 atom stereocenters. The molecule has 0 spiro atoms. The van der Waals surface area contributed by atoms with Gasteiger partial charge in [-0.1, -0.05) is 12.1 Å². The fraction of sp³-hybridized carbons (Fsp3) is 0.250. The number of hydrogen-bond donors (Lipinski definition) is 4. The zero-order valence-corrected chi connectivity index (χ0v) is 8.93. The average Bonchev–Trinajstić information content (AvgIpc) is 2.06. The van der Waals surface area contributed by atoms with Crippen molar-refractivity contribution >= 4 is 7.82 Å². The molecule has 0 radical (unpaired) electrons. The highest BCUT2D eigenvalue weighted by atomic mass is 31.2. The summed E-state index contributed by atoms with van der Waals surface area (Å²) in [6, 6.07) is 7.23. The van der Waals surface area contributed by atoms with Crippen LogP contribution in [-0.2, 0) is 11.0 Å². The molecule has 0 aliphatic rings. The van der Waals surface area contributed by atoms with Crippen molar-refractivity contribution in [2.75, 3.05) is 6.54 Å². The van der Waals surface area contributed by atoms with Gasteiger partial charge < -0.3 is 25.5 Å². The lowest BCUT2D eigenvalue weighted by Gasteiger charge is -2.01. The minimum absolute atomic E-state index is 0.327. The normalized spacial score (nSPS) is 10.4. The molecule has 0 bridgehead atoms. The van der Waals surface area contributed by atoms with Gasteiger partial charge in [0.2, 0.25) is 0 Å². The van der Waals surface area contributed by atoms with Crippen LogP contribution < -0.4 is 10.6 Å². The van der Waals surface area contributed by atoms with Crippen molar-refractivity contribution in [3.8, 4) is 5.75 Å². The van der Waals surface area contributed by atoms with Crippen molar-refractivity contribution < 1.29 is 30.1 Å². The van der Waals surface area contributed by atoms with Gasteiger partial charge in [-0.05, 0) is 17.7 Å². The van der Waals surface area contributed by atoms with Crippen LogP contribution in [0.25, 0.3) is 0 Å². The Bertz CT molecular complexity index is 312. The van der Waals surface area contributed by atoms with E-state index in [1.165, 1.54) is 5.56 Å². The molecule has 0 fully saturated rings. The van der Waals surface area contributed by atoms with E-state index < -0.39 is 7.82 Å². The summed E-state index contributed by atoms with van der Waals surface area (Å²) >= 11 is 0. The Hall–Kier alpha value is -0.910. The predicted molar refractivity (Wildman–Crippen MR) is 51.6 cm³/mol. The van der Waals surface area contributed by atoms with Crippen molar-refractivity contribution in [2.45, 2.75) is 6.42 Å². The van der Waals surface area contributed by atoms with Crippen LogP contribution in [0.15, 0.2) is 24.3 Å². The molecule has 1 rings (SSSR count). The molecule has 0 saturated heterocycles. The Morgan fingerprint density at radius 1 is 1.27 bits per heavy atom. The Labute approximate surface area is 87.2 Å². The smallest absolute Gasteiger partial charge is 0.262 e. The Morgan fingerprint density at radius 3 is 2.00 bits per heavy atom. The molecule has 0 unspecified atom stereocenters. The first-order valence-electron chi connectivity index (χ1n) is 4.16. The fourth-order valence-corrected chi connectivity index (χ4v) is 0.867. The van der Waals surface area contributed by atoms with E-state index in [2.05, 4.69) is 5.73 Å². The van der Waals surface area contributed by atoms with E-state index in [9.17, 15) is 0 Å². The van der Waals surface area contributed by atoms with Crippen molar-refractivity contribution in [3.63, 3.8) is 0 Å². The number of benzene rings is 1. The summed E-state index contributed by atoms with van der Waals surface area (Å²) < 4.78 is 8.77. The Morgan fingerprint density at radius 2 is 1.67 bits per heavy atom. The van der Waals surface area contributed by atoms with Gasteiger partial charge in [-0.25, -0.2) is 0 Å². The third kappa shape index (κ3) is 11.0. The number of phosphoric acid groups is 1. The van der Waals surface area contributed by atoms with Crippen LogP contribution in [0.3, 0.4) is 0 Å². The standard InChI is InChI=1S/C8H11NO.H3O4P/c9-6-5-7-1-3-8(10)4-2-7;1-5(2,3)4/h1-4,10H,5-6,9H2;(H3,1,2,3,4). The minimum atomic E-state index is -4.89. The molecule has 7 heteroatoms. The zero-order chi connectivity index (χ0) is 11.9. The van der Waals surface area contributed by atoms with E-state index in [0.717, 1.165) is 13.0 Å². The first-order chi connectivity index (χ1) is 6.83. The highest BCUT2D eigenvalue weighted by Gasteiger charge is 1.90. The van der Waals surface area contributed by atoms with Crippen LogP contribution in [0.2, 0.25) is 0 Å². The van der Waals surface area contributed by atoms with Crippen LogP contribution in [0, 0.1) is 0 Å². The van der Waals surface area contributed by atoms with E-state index in [0.29, 0.717) is 5.75 Å². The molecule has 15 heavy (non-hydrogen) atoms. The number of quaternary nitrogens is 1. The number of phenolic OH excluding ortho intramolecular Hbond substituents is 1. The average molecular weight is 235 g/mol. The highest BCUT2D eigenvalue weighted by Crippen LogP contribution is 2.18. The largest absolute Gasteiger partial charge is 0.756 e. The Balaban J connectivity index is 0.000000336. The summed E-state index contributed by atoms with van der Waals surface area (Å²) in [5.41, 5.74) is 4.97. The molecular weight excluding hydrogens is 221 g/mol. The van der Waals surface area contributed by atoms with Crippen molar-refractivity contribution in [1.29, 1.82) is 0 Å². The number of hydrogen-bond acceptors (Lipinski definition) is 3. The van der Waals surface area contributed by atoms with Gasteiger partial charge in [0.1, 0.15) is 5.75 Å². The lowest BCUT2D eigenvalue weighted by Crippen LogP contribution is -2.51. The quantitative estimate of drug-likeness (QED) is 0.469. The van der Waals surface area contributed by atoms with Crippen LogP contribution in [0.1, 0.15) is 5.56 Å². The van der Waals surface area contributed by atoms with Gasteiger partial charge >= 0.3 is 0 Å². The molecule has 0 heterocycles. The van der Waals surface area contributed by atoms with E-state index in [1.807, 2.05) is 12.1 Å². The van der Waals surface area contributed by atoms with Crippen LogP contribution in [0.5, 0.6) is 5.75 Å². The molecule has 0 aliphatic heterocycles. The second-order valence-electron chi connectivity index (χ2n) is 2.76. The molecule has 0 saturated carbocycles. The molecular formula is C8H14NO5P. The molecule has 0 amide bonds. The maximum absolute atomic E-state index is 8.91. The first-order valence-corrected chi connectivity index (χ1v) is 5.69. The van der Waals surface area contributed by atoms with E-state index in [1.54, 1.807) is 12.1 Å². The van der Waals surface area contributed by atoms with Gasteiger partial charge in [0.15, 0.2) is 0 Å². The van der Waals surface area contributed by atoms with Gasteiger partial charge in [-0.15, -0.1) is 0 Å². The summed E-state index contributed by atoms with van der Waals surface area (Å²) in [4.78, 5) is 22.9. The second-order valence-corrected chi connectivity index (χ2v) is 3.74. The molecule has 0 aromatic heterocycles.